The van der Waals surface area contributed by atoms with E-state index in [-0.39, 0.29) is 0 Å². The molecule has 0 amide bonds. The van der Waals surface area contributed by atoms with Crippen molar-refractivity contribution in [3.8, 4) is 0 Å². The van der Waals surface area contributed by atoms with E-state index < -0.39 is 0 Å². The van der Waals surface area contributed by atoms with Crippen molar-refractivity contribution in [2.24, 2.45) is 11.8 Å². The zero-order valence-corrected chi connectivity index (χ0v) is 13.7. The van der Waals surface area contributed by atoms with E-state index in [0.29, 0.717) is 6.04 Å². The van der Waals surface area contributed by atoms with Crippen LogP contribution in [0, 0.1) is 25.7 Å². The topological polar surface area (TPSA) is 12.0 Å². The molecule has 0 heterocycles. The van der Waals surface area contributed by atoms with Gasteiger partial charge in [0.25, 0.3) is 0 Å². The van der Waals surface area contributed by atoms with Crippen molar-refractivity contribution in [1.29, 1.82) is 0 Å². The maximum atomic E-state index is 3.75. The summed E-state index contributed by atoms with van der Waals surface area (Å²) in [5.74, 6) is 1.90. The van der Waals surface area contributed by atoms with E-state index in [1.54, 1.807) is 0 Å². The van der Waals surface area contributed by atoms with Crippen LogP contribution in [0.5, 0.6) is 0 Å². The van der Waals surface area contributed by atoms with Gasteiger partial charge in [0.15, 0.2) is 0 Å². The highest BCUT2D eigenvalue weighted by Crippen LogP contribution is 2.30. The van der Waals surface area contributed by atoms with Gasteiger partial charge in [0.2, 0.25) is 0 Å². The highest BCUT2D eigenvalue weighted by molar-refractivity contribution is 5.31. The number of hydrogen-bond donors (Lipinski definition) is 1. The molecule has 0 spiro atoms. The Labute approximate surface area is 125 Å². The lowest BCUT2D eigenvalue weighted by Crippen LogP contribution is -2.28. The fourth-order valence-electron chi connectivity index (χ4n) is 3.34. The van der Waals surface area contributed by atoms with E-state index in [1.165, 1.54) is 55.3 Å². The van der Waals surface area contributed by atoms with Gasteiger partial charge < -0.3 is 5.32 Å². The minimum atomic E-state index is 0.471. The highest BCUT2D eigenvalue weighted by atomic mass is 14.9. The second-order valence-corrected chi connectivity index (χ2v) is 6.77. The molecule has 1 fully saturated rings. The van der Waals surface area contributed by atoms with Crippen molar-refractivity contribution < 1.29 is 0 Å². The Hall–Kier alpha value is -0.820. The van der Waals surface area contributed by atoms with Gasteiger partial charge in [-0.3, -0.25) is 0 Å². The van der Waals surface area contributed by atoms with Crippen LogP contribution in [-0.2, 0) is 0 Å². The van der Waals surface area contributed by atoms with Crippen LogP contribution in [0.4, 0.5) is 0 Å². The molecular weight excluding hydrogens is 242 g/mol. The number of rotatable bonds is 5. The van der Waals surface area contributed by atoms with Crippen LogP contribution < -0.4 is 5.32 Å². The fraction of sp³-hybridized carbons (Fsp3) is 0.684. The standard InChI is InChI=1S/C19H31N/c1-5-17-7-9-18(10-8-17)13-20-16(4)19-11-6-14(2)15(3)12-19/h6,11-12,16-18,20H,5,7-10,13H2,1-4H3. The van der Waals surface area contributed by atoms with Gasteiger partial charge in [0.05, 0.1) is 0 Å². The minimum Gasteiger partial charge on any atom is -0.310 e. The summed E-state index contributed by atoms with van der Waals surface area (Å²) in [5.41, 5.74) is 4.22. The Morgan fingerprint density at radius 2 is 1.70 bits per heavy atom. The van der Waals surface area contributed by atoms with Crippen molar-refractivity contribution in [2.45, 2.75) is 65.8 Å². The molecule has 1 atom stereocenters. The number of nitrogens with one attached hydrogen (secondary N) is 1. The SMILES string of the molecule is CCC1CCC(CNC(C)c2ccc(C)c(C)c2)CC1. The first kappa shape index (κ1) is 15.6. The third-order valence-electron chi connectivity index (χ3n) is 5.29. The molecule has 2 rings (SSSR count). The molecule has 0 aliphatic heterocycles. The lowest BCUT2D eigenvalue weighted by atomic mass is 9.81. The van der Waals surface area contributed by atoms with Crippen LogP contribution in [0.3, 0.4) is 0 Å². The molecule has 1 aromatic carbocycles. The lowest BCUT2D eigenvalue weighted by molar-refractivity contribution is 0.258. The highest BCUT2D eigenvalue weighted by Gasteiger charge is 2.20. The summed E-state index contributed by atoms with van der Waals surface area (Å²) in [7, 11) is 0. The molecule has 1 aromatic rings. The molecule has 1 aliphatic carbocycles. The Morgan fingerprint density at radius 3 is 2.30 bits per heavy atom. The smallest absolute Gasteiger partial charge is 0.0292 e. The predicted octanol–water partition coefficient (Wildman–Crippen LogP) is 5.17. The first-order valence-corrected chi connectivity index (χ1v) is 8.40. The van der Waals surface area contributed by atoms with E-state index in [1.807, 2.05) is 0 Å². The molecule has 1 saturated carbocycles. The molecule has 1 nitrogen and oxygen atoms in total. The molecular formula is C19H31N. The molecule has 112 valence electrons. The van der Waals surface area contributed by atoms with Crippen LogP contribution in [0.25, 0.3) is 0 Å². The maximum absolute atomic E-state index is 3.75. The average molecular weight is 273 g/mol. The van der Waals surface area contributed by atoms with Gasteiger partial charge >= 0.3 is 0 Å². The Bertz CT molecular complexity index is 416. The zero-order valence-electron chi connectivity index (χ0n) is 13.7. The molecule has 0 radical (unpaired) electrons. The number of hydrogen-bond acceptors (Lipinski definition) is 1. The van der Waals surface area contributed by atoms with E-state index in [9.17, 15) is 0 Å². The van der Waals surface area contributed by atoms with Gasteiger partial charge in [-0.1, -0.05) is 44.4 Å². The third kappa shape index (κ3) is 4.09. The summed E-state index contributed by atoms with van der Waals surface area (Å²) >= 11 is 0. The van der Waals surface area contributed by atoms with E-state index >= 15 is 0 Å². The lowest BCUT2D eigenvalue weighted by Gasteiger charge is -2.29. The fourth-order valence-corrected chi connectivity index (χ4v) is 3.34. The molecule has 0 saturated heterocycles. The third-order valence-corrected chi connectivity index (χ3v) is 5.29. The van der Waals surface area contributed by atoms with Crippen LogP contribution in [0.15, 0.2) is 18.2 Å². The van der Waals surface area contributed by atoms with Crippen LogP contribution in [0.2, 0.25) is 0 Å². The Balaban J connectivity index is 1.80. The van der Waals surface area contributed by atoms with Crippen LogP contribution >= 0.6 is 0 Å². The summed E-state index contributed by atoms with van der Waals surface area (Å²) in [5, 5.41) is 3.75. The van der Waals surface area contributed by atoms with Crippen molar-refractivity contribution in [3.63, 3.8) is 0 Å². The zero-order chi connectivity index (χ0) is 14.5. The monoisotopic (exact) mass is 273 g/mol. The Morgan fingerprint density at radius 1 is 1.05 bits per heavy atom. The van der Waals surface area contributed by atoms with Crippen molar-refractivity contribution in [2.75, 3.05) is 6.54 Å². The van der Waals surface area contributed by atoms with Gasteiger partial charge in [0, 0.05) is 6.04 Å². The summed E-state index contributed by atoms with van der Waals surface area (Å²) in [6.07, 6.45) is 7.11. The second kappa shape index (κ2) is 7.26. The molecule has 20 heavy (non-hydrogen) atoms. The largest absolute Gasteiger partial charge is 0.310 e. The summed E-state index contributed by atoms with van der Waals surface area (Å²) in [4.78, 5) is 0. The first-order valence-electron chi connectivity index (χ1n) is 8.40. The van der Waals surface area contributed by atoms with E-state index in [0.717, 1.165) is 11.8 Å². The van der Waals surface area contributed by atoms with Gasteiger partial charge in [-0.25, -0.2) is 0 Å². The number of benzene rings is 1. The van der Waals surface area contributed by atoms with E-state index in [2.05, 4.69) is 51.2 Å². The summed E-state index contributed by atoms with van der Waals surface area (Å²) < 4.78 is 0. The van der Waals surface area contributed by atoms with Crippen LogP contribution in [0.1, 0.15) is 68.7 Å². The summed E-state index contributed by atoms with van der Waals surface area (Å²) in [6.45, 7) is 10.2. The van der Waals surface area contributed by atoms with Crippen molar-refractivity contribution >= 4 is 0 Å². The second-order valence-electron chi connectivity index (χ2n) is 6.77. The molecule has 1 unspecified atom stereocenters. The molecule has 0 aromatic heterocycles. The van der Waals surface area contributed by atoms with Gasteiger partial charge in [-0.15, -0.1) is 0 Å². The molecule has 1 N–H and O–H groups in total. The number of aryl methyl sites for hydroxylation is 2. The first-order chi connectivity index (χ1) is 9.60. The molecule has 1 heteroatoms. The van der Waals surface area contributed by atoms with Gasteiger partial charge in [0.1, 0.15) is 0 Å². The summed E-state index contributed by atoms with van der Waals surface area (Å²) in [6, 6.07) is 7.32. The van der Waals surface area contributed by atoms with Crippen molar-refractivity contribution in [1.82, 2.24) is 5.32 Å². The molecule has 0 bridgehead atoms. The quantitative estimate of drug-likeness (QED) is 0.780. The molecule has 1 aliphatic rings. The van der Waals surface area contributed by atoms with E-state index in [4.69, 9.17) is 0 Å². The van der Waals surface area contributed by atoms with Gasteiger partial charge in [-0.2, -0.15) is 0 Å². The van der Waals surface area contributed by atoms with Gasteiger partial charge in [-0.05, 0) is 68.7 Å². The maximum Gasteiger partial charge on any atom is 0.0292 e. The minimum absolute atomic E-state index is 0.471. The normalized spacial score (nSPS) is 24.6. The van der Waals surface area contributed by atoms with Crippen molar-refractivity contribution in [3.05, 3.63) is 34.9 Å². The average Bonchev–Trinajstić information content (AvgIpc) is 2.48. The predicted molar refractivity (Wildman–Crippen MR) is 88.1 cm³/mol. The van der Waals surface area contributed by atoms with Crippen LogP contribution in [-0.4, -0.2) is 6.54 Å². The Kier molecular flexibility index (Phi) is 5.65.